The third-order valence-corrected chi connectivity index (χ3v) is 2.16. The first-order chi connectivity index (χ1) is 6.79. The van der Waals surface area contributed by atoms with Gasteiger partial charge in [-0.25, -0.2) is 0 Å². The molecule has 2 amide bonds. The zero-order chi connectivity index (χ0) is 9.97. The number of carbonyl (C=O) groups excluding carboxylic acids is 2. The van der Waals surface area contributed by atoms with E-state index in [1.54, 1.807) is 0 Å². The van der Waals surface area contributed by atoms with Gasteiger partial charge in [-0.05, 0) is 11.6 Å². The highest BCUT2D eigenvalue weighted by atomic mass is 16.2. The average Bonchev–Trinajstić information content (AvgIpc) is 2.35. The molecule has 4 nitrogen and oxygen atoms in total. The molecule has 0 saturated carbocycles. The molecule has 0 spiro atoms. The molecule has 14 heavy (non-hydrogen) atoms. The maximum absolute atomic E-state index is 11.3. The molecule has 0 unspecified atom stereocenters. The van der Waals surface area contributed by atoms with Gasteiger partial charge in [-0.15, -0.1) is 0 Å². The minimum absolute atomic E-state index is 0.123. The fourth-order valence-corrected chi connectivity index (χ4v) is 1.50. The molecule has 0 aromatic heterocycles. The number of hydrogen-bond acceptors (Lipinski definition) is 2. The molecule has 1 N–H and O–H groups in total. The van der Waals surface area contributed by atoms with E-state index in [0.29, 0.717) is 13.0 Å². The monoisotopic (exact) mass is 190 g/mol. The van der Waals surface area contributed by atoms with Crippen LogP contribution in [0.3, 0.4) is 0 Å². The van der Waals surface area contributed by atoms with Gasteiger partial charge in [0, 0.05) is 12.2 Å². The third-order valence-electron chi connectivity index (χ3n) is 2.16. The van der Waals surface area contributed by atoms with Gasteiger partial charge in [0.2, 0.25) is 12.3 Å². The van der Waals surface area contributed by atoms with Crippen molar-refractivity contribution in [3.8, 4) is 0 Å². The Morgan fingerprint density at radius 2 is 2.07 bits per heavy atom. The van der Waals surface area contributed by atoms with E-state index in [1.165, 1.54) is 4.90 Å². The van der Waals surface area contributed by atoms with Crippen LogP contribution in [-0.4, -0.2) is 23.8 Å². The smallest absolute Gasteiger partial charge is 0.244 e. The van der Waals surface area contributed by atoms with Crippen LogP contribution in [0.1, 0.15) is 5.56 Å². The zero-order valence-electron chi connectivity index (χ0n) is 7.56. The fourth-order valence-electron chi connectivity index (χ4n) is 1.50. The molecule has 1 aromatic rings. The number of nitrogens with zero attached hydrogens (tertiary/aromatic N) is 1. The second kappa shape index (κ2) is 3.49. The Morgan fingerprint density at radius 1 is 1.29 bits per heavy atom. The number of rotatable bonds is 1. The topological polar surface area (TPSA) is 49.4 Å². The van der Waals surface area contributed by atoms with Crippen LogP contribution in [0.25, 0.3) is 0 Å². The highest BCUT2D eigenvalue weighted by Crippen LogP contribution is 2.18. The van der Waals surface area contributed by atoms with Gasteiger partial charge in [0.15, 0.2) is 0 Å². The lowest BCUT2D eigenvalue weighted by atomic mass is 10.2. The van der Waals surface area contributed by atoms with Crippen LogP contribution in [0.5, 0.6) is 0 Å². The van der Waals surface area contributed by atoms with Crippen LogP contribution < -0.4 is 5.32 Å². The van der Waals surface area contributed by atoms with Crippen LogP contribution in [-0.2, 0) is 16.1 Å². The SMILES string of the molecule is O=CN1CC(=O)Nc2ccccc2C1. The van der Waals surface area contributed by atoms with Crippen molar-refractivity contribution in [1.29, 1.82) is 0 Å². The van der Waals surface area contributed by atoms with Crippen LogP contribution in [0.4, 0.5) is 5.69 Å². The van der Waals surface area contributed by atoms with Crippen LogP contribution >= 0.6 is 0 Å². The van der Waals surface area contributed by atoms with Crippen molar-refractivity contribution in [2.24, 2.45) is 0 Å². The number of anilines is 1. The Morgan fingerprint density at radius 3 is 2.86 bits per heavy atom. The predicted octanol–water partition coefficient (Wildman–Crippen LogP) is 0.597. The molecule has 2 rings (SSSR count). The summed E-state index contributed by atoms with van der Waals surface area (Å²) in [6.07, 6.45) is 0.696. The molecule has 1 aliphatic heterocycles. The van der Waals surface area contributed by atoms with E-state index in [9.17, 15) is 9.59 Å². The van der Waals surface area contributed by atoms with E-state index in [4.69, 9.17) is 0 Å². The zero-order valence-corrected chi connectivity index (χ0v) is 7.56. The first kappa shape index (κ1) is 8.74. The van der Waals surface area contributed by atoms with Crippen molar-refractivity contribution in [2.45, 2.75) is 6.54 Å². The second-order valence-electron chi connectivity index (χ2n) is 3.22. The van der Waals surface area contributed by atoms with Gasteiger partial charge in [-0.3, -0.25) is 9.59 Å². The molecule has 0 saturated heterocycles. The van der Waals surface area contributed by atoms with E-state index < -0.39 is 0 Å². The van der Waals surface area contributed by atoms with Crippen molar-refractivity contribution in [2.75, 3.05) is 11.9 Å². The minimum Gasteiger partial charge on any atom is -0.332 e. The fraction of sp³-hybridized carbons (Fsp3) is 0.200. The van der Waals surface area contributed by atoms with Crippen molar-refractivity contribution in [3.05, 3.63) is 29.8 Å². The van der Waals surface area contributed by atoms with E-state index in [2.05, 4.69) is 5.32 Å². The van der Waals surface area contributed by atoms with Gasteiger partial charge in [0.25, 0.3) is 0 Å². The minimum atomic E-state index is -0.151. The molecule has 1 aromatic carbocycles. The number of carbonyl (C=O) groups is 2. The van der Waals surface area contributed by atoms with E-state index in [-0.39, 0.29) is 12.5 Å². The lowest BCUT2D eigenvalue weighted by Gasteiger charge is -2.11. The standard InChI is InChI=1S/C10H10N2O2/c13-7-12-5-8-3-1-2-4-9(8)11-10(14)6-12/h1-4,7H,5-6H2,(H,11,14). The summed E-state index contributed by atoms with van der Waals surface area (Å²) in [5.74, 6) is -0.151. The second-order valence-corrected chi connectivity index (χ2v) is 3.22. The van der Waals surface area contributed by atoms with E-state index in [1.807, 2.05) is 24.3 Å². The molecule has 0 bridgehead atoms. The first-order valence-electron chi connectivity index (χ1n) is 4.36. The molecule has 1 heterocycles. The highest BCUT2D eigenvalue weighted by molar-refractivity contribution is 5.94. The summed E-state index contributed by atoms with van der Waals surface area (Å²) in [6.45, 7) is 0.608. The molecule has 0 aliphatic carbocycles. The van der Waals surface area contributed by atoms with Crippen molar-refractivity contribution in [3.63, 3.8) is 0 Å². The van der Waals surface area contributed by atoms with Gasteiger partial charge < -0.3 is 10.2 Å². The summed E-state index contributed by atoms with van der Waals surface area (Å²) in [4.78, 5) is 23.4. The summed E-state index contributed by atoms with van der Waals surface area (Å²) in [6, 6.07) is 7.48. The average molecular weight is 190 g/mol. The van der Waals surface area contributed by atoms with Gasteiger partial charge in [-0.1, -0.05) is 18.2 Å². The third kappa shape index (κ3) is 1.59. The maximum atomic E-state index is 11.3. The molecule has 0 radical (unpaired) electrons. The highest BCUT2D eigenvalue weighted by Gasteiger charge is 2.16. The molecular weight excluding hydrogens is 180 g/mol. The van der Waals surface area contributed by atoms with E-state index in [0.717, 1.165) is 11.3 Å². The number of hydrogen-bond donors (Lipinski definition) is 1. The molecule has 0 fully saturated rings. The van der Waals surface area contributed by atoms with Crippen molar-refractivity contribution < 1.29 is 9.59 Å². The molecule has 72 valence electrons. The van der Waals surface area contributed by atoms with Gasteiger partial charge >= 0.3 is 0 Å². The van der Waals surface area contributed by atoms with E-state index >= 15 is 0 Å². The molecule has 0 atom stereocenters. The number of benzene rings is 1. The maximum Gasteiger partial charge on any atom is 0.244 e. The molecule has 1 aliphatic rings. The number of nitrogens with one attached hydrogen (secondary N) is 1. The Balaban J connectivity index is 2.36. The predicted molar refractivity (Wildman–Crippen MR) is 51.5 cm³/mol. The summed E-state index contributed by atoms with van der Waals surface area (Å²) in [7, 11) is 0. The lowest BCUT2D eigenvalue weighted by Crippen LogP contribution is -2.28. The Labute approximate surface area is 81.5 Å². The summed E-state index contributed by atoms with van der Waals surface area (Å²) in [5, 5.41) is 2.75. The Kier molecular flexibility index (Phi) is 2.18. The Bertz CT molecular complexity index is 376. The first-order valence-corrected chi connectivity index (χ1v) is 4.36. The van der Waals surface area contributed by atoms with Gasteiger partial charge in [-0.2, -0.15) is 0 Å². The summed E-state index contributed by atoms with van der Waals surface area (Å²) >= 11 is 0. The van der Waals surface area contributed by atoms with Gasteiger partial charge in [0.1, 0.15) is 0 Å². The molecule has 4 heteroatoms. The number of fused-ring (bicyclic) bond motifs is 1. The lowest BCUT2D eigenvalue weighted by molar-refractivity contribution is -0.125. The summed E-state index contributed by atoms with van der Waals surface area (Å²) < 4.78 is 0. The number of amides is 2. The van der Waals surface area contributed by atoms with Crippen LogP contribution in [0.2, 0.25) is 0 Å². The molecular formula is C10H10N2O2. The normalized spacial score (nSPS) is 15.4. The van der Waals surface area contributed by atoms with Crippen molar-refractivity contribution in [1.82, 2.24) is 4.90 Å². The largest absolute Gasteiger partial charge is 0.332 e. The number of para-hydroxylation sites is 1. The van der Waals surface area contributed by atoms with Crippen LogP contribution in [0.15, 0.2) is 24.3 Å². The Hall–Kier alpha value is -1.84. The quantitative estimate of drug-likeness (QED) is 0.659. The summed E-state index contributed by atoms with van der Waals surface area (Å²) in [5.41, 5.74) is 1.76. The van der Waals surface area contributed by atoms with Crippen molar-refractivity contribution >= 4 is 18.0 Å². The van der Waals surface area contributed by atoms with Gasteiger partial charge in [0.05, 0.1) is 6.54 Å². The van der Waals surface area contributed by atoms with Crippen LogP contribution in [0, 0.1) is 0 Å².